The van der Waals surface area contributed by atoms with E-state index >= 15 is 0 Å². The molecule has 252 valence electrons. The number of nitrogens with zero attached hydrogens (tertiary/aromatic N) is 2. The van der Waals surface area contributed by atoms with Crippen molar-refractivity contribution in [1.82, 2.24) is 0 Å². The van der Waals surface area contributed by atoms with Gasteiger partial charge in [-0.15, -0.1) is 0 Å². The average Bonchev–Trinajstić information content (AvgIpc) is 3.17. The molecule has 0 amide bonds. The van der Waals surface area contributed by atoms with Gasteiger partial charge >= 0.3 is 0 Å². The van der Waals surface area contributed by atoms with Gasteiger partial charge in [-0.2, -0.15) is 0 Å². The monoisotopic (exact) mass is 670 g/mol. The smallest absolute Gasteiger partial charge is 0.0468 e. The van der Waals surface area contributed by atoms with E-state index in [1.165, 1.54) is 54.9 Å². The third-order valence-electron chi connectivity index (χ3n) is 9.85. The molecule has 0 N–H and O–H groups in total. The molecule has 0 aromatic heterocycles. The van der Waals surface area contributed by atoms with Crippen LogP contribution in [0, 0.1) is 27.7 Å². The Morgan fingerprint density at radius 1 is 0.269 bits per heavy atom. The number of benzene rings is 8. The summed E-state index contributed by atoms with van der Waals surface area (Å²) in [5.41, 5.74) is 14.2. The minimum atomic E-state index is 1.14. The highest BCUT2D eigenvalue weighted by Gasteiger charge is 2.14. The fourth-order valence-corrected chi connectivity index (χ4v) is 6.85. The molecule has 0 bridgehead atoms. The van der Waals surface area contributed by atoms with Crippen molar-refractivity contribution >= 4 is 67.8 Å². The maximum absolute atomic E-state index is 2.33. The van der Waals surface area contributed by atoms with E-state index in [-0.39, 0.29) is 0 Å². The fourth-order valence-electron chi connectivity index (χ4n) is 6.85. The summed E-state index contributed by atoms with van der Waals surface area (Å²) >= 11 is 0. The van der Waals surface area contributed by atoms with Gasteiger partial charge in [-0.25, -0.2) is 0 Å². The van der Waals surface area contributed by atoms with E-state index in [0.29, 0.717) is 0 Å². The molecule has 8 rings (SSSR count). The summed E-state index contributed by atoms with van der Waals surface area (Å²) in [5, 5.41) is 4.87. The molecule has 2 nitrogen and oxygen atoms in total. The van der Waals surface area contributed by atoms with Crippen LogP contribution in [0.2, 0.25) is 0 Å². The molecule has 0 spiro atoms. The molecule has 0 radical (unpaired) electrons. The second-order valence-electron chi connectivity index (χ2n) is 13.9. The van der Waals surface area contributed by atoms with Crippen LogP contribution in [0.5, 0.6) is 0 Å². The Balaban J connectivity index is 1.06. The van der Waals surface area contributed by atoms with Crippen LogP contribution in [0.1, 0.15) is 33.4 Å². The van der Waals surface area contributed by atoms with Gasteiger partial charge < -0.3 is 9.80 Å². The third-order valence-corrected chi connectivity index (χ3v) is 9.85. The lowest BCUT2D eigenvalue weighted by Gasteiger charge is -2.26. The molecular formula is C50H42N2. The predicted octanol–water partition coefficient (Wildman–Crippen LogP) is 14.3. The molecule has 0 atom stereocenters. The first-order valence-corrected chi connectivity index (χ1v) is 18.0. The first-order chi connectivity index (χ1) is 25.4. The van der Waals surface area contributed by atoms with Crippen molar-refractivity contribution in [2.45, 2.75) is 27.7 Å². The van der Waals surface area contributed by atoms with Crippen LogP contribution in [-0.4, -0.2) is 0 Å². The van der Waals surface area contributed by atoms with E-state index < -0.39 is 0 Å². The zero-order chi connectivity index (χ0) is 35.6. The predicted molar refractivity (Wildman–Crippen MR) is 225 cm³/mol. The first-order valence-electron chi connectivity index (χ1n) is 18.0. The van der Waals surface area contributed by atoms with E-state index in [1.54, 1.807) is 0 Å². The van der Waals surface area contributed by atoms with E-state index in [2.05, 4.69) is 220 Å². The van der Waals surface area contributed by atoms with Crippen LogP contribution in [0.25, 0.3) is 33.7 Å². The van der Waals surface area contributed by atoms with Gasteiger partial charge in [0.2, 0.25) is 0 Å². The Bertz CT molecular complexity index is 2250. The van der Waals surface area contributed by atoms with Gasteiger partial charge in [0, 0.05) is 34.1 Å². The highest BCUT2D eigenvalue weighted by atomic mass is 15.1. The first kappa shape index (κ1) is 32.8. The summed E-state index contributed by atoms with van der Waals surface area (Å²) in [6.07, 6.45) is 4.43. The van der Waals surface area contributed by atoms with Crippen LogP contribution in [0.3, 0.4) is 0 Å². The Morgan fingerprint density at radius 3 is 0.827 bits per heavy atom. The van der Waals surface area contributed by atoms with Gasteiger partial charge in [0.1, 0.15) is 0 Å². The van der Waals surface area contributed by atoms with Crippen molar-refractivity contribution in [1.29, 1.82) is 0 Å². The summed E-state index contributed by atoms with van der Waals surface area (Å²) in [6.45, 7) is 8.52. The number of rotatable bonds is 8. The molecule has 8 aromatic carbocycles. The fraction of sp³-hybridized carbons (Fsp3) is 0.0800. The molecule has 0 saturated carbocycles. The standard InChI is InChI=1S/C50H42N2/c1-35-5-21-45(22-6-35)51(46-23-7-36(2)8-24-46)49-29-19-41-31-39(15-17-43(41)33-49)13-14-40-16-18-44-34-50(30-20-42(44)32-40)52(47-25-9-37(3)10-26-47)48-27-11-38(4)12-28-48/h5-34H,1-4H3. The van der Waals surface area contributed by atoms with Crippen LogP contribution in [-0.2, 0) is 0 Å². The summed E-state index contributed by atoms with van der Waals surface area (Å²) < 4.78 is 0. The molecule has 8 aromatic rings. The summed E-state index contributed by atoms with van der Waals surface area (Å²) in [5.74, 6) is 0. The third kappa shape index (κ3) is 6.97. The van der Waals surface area contributed by atoms with Crippen LogP contribution in [0.15, 0.2) is 170 Å². The quantitative estimate of drug-likeness (QED) is 0.148. The highest BCUT2D eigenvalue weighted by Crippen LogP contribution is 2.38. The van der Waals surface area contributed by atoms with Crippen LogP contribution < -0.4 is 9.80 Å². The molecule has 0 aliphatic rings. The van der Waals surface area contributed by atoms with E-state index in [9.17, 15) is 0 Å². The molecule has 0 saturated heterocycles. The highest BCUT2D eigenvalue weighted by molar-refractivity contribution is 5.93. The molecule has 0 aliphatic heterocycles. The zero-order valence-electron chi connectivity index (χ0n) is 30.2. The molecule has 0 unspecified atom stereocenters. The second-order valence-corrected chi connectivity index (χ2v) is 13.9. The average molecular weight is 671 g/mol. The zero-order valence-corrected chi connectivity index (χ0v) is 30.2. The van der Waals surface area contributed by atoms with Gasteiger partial charge in [0.15, 0.2) is 0 Å². The maximum atomic E-state index is 2.33. The van der Waals surface area contributed by atoms with Gasteiger partial charge in [0.05, 0.1) is 0 Å². The van der Waals surface area contributed by atoms with Crippen molar-refractivity contribution < 1.29 is 0 Å². The van der Waals surface area contributed by atoms with Gasteiger partial charge in [-0.3, -0.25) is 0 Å². The molecule has 52 heavy (non-hydrogen) atoms. The minimum absolute atomic E-state index is 1.14. The Kier molecular flexibility index (Phi) is 8.89. The van der Waals surface area contributed by atoms with Crippen molar-refractivity contribution in [2.24, 2.45) is 0 Å². The molecule has 0 heterocycles. The van der Waals surface area contributed by atoms with Crippen molar-refractivity contribution in [3.05, 3.63) is 203 Å². The van der Waals surface area contributed by atoms with Gasteiger partial charge in [0.25, 0.3) is 0 Å². The number of fused-ring (bicyclic) bond motifs is 2. The molecule has 0 fully saturated rings. The number of aryl methyl sites for hydroxylation is 4. The number of hydrogen-bond donors (Lipinski definition) is 0. The summed E-state index contributed by atoms with van der Waals surface area (Å²) in [6, 6.07) is 61.9. The molecule has 2 heteroatoms. The summed E-state index contributed by atoms with van der Waals surface area (Å²) in [4.78, 5) is 4.66. The van der Waals surface area contributed by atoms with Crippen molar-refractivity contribution in [3.8, 4) is 0 Å². The van der Waals surface area contributed by atoms with E-state index in [1.807, 2.05) is 0 Å². The van der Waals surface area contributed by atoms with Gasteiger partial charge in [-0.1, -0.05) is 119 Å². The molecular weight excluding hydrogens is 629 g/mol. The lowest BCUT2D eigenvalue weighted by atomic mass is 10.0. The van der Waals surface area contributed by atoms with E-state index in [4.69, 9.17) is 0 Å². The van der Waals surface area contributed by atoms with Crippen molar-refractivity contribution in [2.75, 3.05) is 9.80 Å². The largest absolute Gasteiger partial charge is 0.310 e. The normalized spacial score (nSPS) is 11.4. The number of hydrogen-bond acceptors (Lipinski definition) is 2. The summed E-state index contributed by atoms with van der Waals surface area (Å²) in [7, 11) is 0. The lowest BCUT2D eigenvalue weighted by Crippen LogP contribution is -2.09. The molecule has 0 aliphatic carbocycles. The Hall–Kier alpha value is -6.38. The number of anilines is 6. The second kappa shape index (κ2) is 14.1. The maximum Gasteiger partial charge on any atom is 0.0468 e. The van der Waals surface area contributed by atoms with E-state index in [0.717, 1.165) is 34.1 Å². The topological polar surface area (TPSA) is 6.48 Å². The minimum Gasteiger partial charge on any atom is -0.310 e. The van der Waals surface area contributed by atoms with Crippen LogP contribution >= 0.6 is 0 Å². The van der Waals surface area contributed by atoms with Crippen molar-refractivity contribution in [3.63, 3.8) is 0 Å². The Labute approximate surface area is 307 Å². The lowest BCUT2D eigenvalue weighted by molar-refractivity contribution is 1.27. The Morgan fingerprint density at radius 2 is 0.519 bits per heavy atom. The SMILES string of the molecule is Cc1ccc(N(c2ccc(C)cc2)c2ccc3cc(C=Cc4ccc5cc(N(c6ccc(C)cc6)c6ccc(C)cc6)ccc5c4)ccc3c2)cc1. The van der Waals surface area contributed by atoms with Crippen LogP contribution in [0.4, 0.5) is 34.1 Å². The van der Waals surface area contributed by atoms with Gasteiger partial charge in [-0.05, 0) is 145 Å².